The van der Waals surface area contributed by atoms with E-state index in [9.17, 15) is 0 Å². The molecular weight excluding hydrogens is 212 g/mol. The standard InChI is InChI=1S/C13H24N4/c1-12(5-6-12)13(2,10-14)17(4)9-11-15-7-8-16(11)3/h7-8H,5-6,9-10,14H2,1-4H3. The van der Waals surface area contributed by atoms with Gasteiger partial charge in [0.1, 0.15) is 5.82 Å². The molecule has 1 heterocycles. The highest BCUT2D eigenvalue weighted by Gasteiger charge is 2.54. The molecule has 1 aromatic heterocycles. The first-order valence-corrected chi connectivity index (χ1v) is 6.30. The summed E-state index contributed by atoms with van der Waals surface area (Å²) >= 11 is 0. The molecule has 4 nitrogen and oxygen atoms in total. The molecular formula is C13H24N4. The van der Waals surface area contributed by atoms with Crippen molar-refractivity contribution in [3.63, 3.8) is 0 Å². The van der Waals surface area contributed by atoms with Gasteiger partial charge in [-0.05, 0) is 32.2 Å². The van der Waals surface area contributed by atoms with Crippen LogP contribution in [0.5, 0.6) is 0 Å². The van der Waals surface area contributed by atoms with Gasteiger partial charge in [-0.1, -0.05) is 6.92 Å². The summed E-state index contributed by atoms with van der Waals surface area (Å²) in [6, 6.07) is 0. The van der Waals surface area contributed by atoms with E-state index in [4.69, 9.17) is 5.73 Å². The van der Waals surface area contributed by atoms with Crippen LogP contribution >= 0.6 is 0 Å². The maximum atomic E-state index is 6.03. The van der Waals surface area contributed by atoms with Crippen molar-refractivity contribution in [1.82, 2.24) is 14.5 Å². The number of nitrogens with two attached hydrogens (primary N) is 1. The highest BCUT2D eigenvalue weighted by atomic mass is 15.2. The minimum Gasteiger partial charge on any atom is -0.337 e. The summed E-state index contributed by atoms with van der Waals surface area (Å²) in [5.41, 5.74) is 6.48. The Morgan fingerprint density at radius 1 is 1.59 bits per heavy atom. The number of nitrogens with zero attached hydrogens (tertiary/aromatic N) is 3. The Hall–Kier alpha value is -0.870. The Morgan fingerprint density at radius 3 is 2.65 bits per heavy atom. The van der Waals surface area contributed by atoms with E-state index in [1.807, 2.05) is 19.4 Å². The first-order chi connectivity index (χ1) is 7.93. The number of aromatic nitrogens is 2. The molecule has 0 spiro atoms. The molecule has 0 aliphatic heterocycles. The van der Waals surface area contributed by atoms with E-state index in [0.29, 0.717) is 12.0 Å². The summed E-state index contributed by atoms with van der Waals surface area (Å²) in [6.07, 6.45) is 6.40. The molecule has 96 valence electrons. The van der Waals surface area contributed by atoms with Gasteiger partial charge in [-0.15, -0.1) is 0 Å². The van der Waals surface area contributed by atoms with Gasteiger partial charge in [0.25, 0.3) is 0 Å². The predicted octanol–water partition coefficient (Wildman–Crippen LogP) is 1.37. The maximum Gasteiger partial charge on any atom is 0.122 e. The lowest BCUT2D eigenvalue weighted by Crippen LogP contribution is -2.55. The fraction of sp³-hybridized carbons (Fsp3) is 0.769. The molecule has 2 N–H and O–H groups in total. The summed E-state index contributed by atoms with van der Waals surface area (Å²) in [4.78, 5) is 6.75. The molecule has 0 bridgehead atoms. The topological polar surface area (TPSA) is 47.1 Å². The van der Waals surface area contributed by atoms with Crippen LogP contribution in [0.15, 0.2) is 12.4 Å². The second-order valence-corrected chi connectivity index (χ2v) is 5.85. The van der Waals surface area contributed by atoms with Crippen molar-refractivity contribution in [1.29, 1.82) is 0 Å². The van der Waals surface area contributed by atoms with Gasteiger partial charge in [0, 0.05) is 31.5 Å². The van der Waals surface area contributed by atoms with Crippen LogP contribution in [0.2, 0.25) is 0 Å². The zero-order chi connectivity index (χ0) is 12.7. The average molecular weight is 236 g/mol. The van der Waals surface area contributed by atoms with E-state index in [2.05, 4.69) is 35.3 Å². The zero-order valence-corrected chi connectivity index (χ0v) is 11.4. The summed E-state index contributed by atoms with van der Waals surface area (Å²) in [7, 11) is 4.19. The average Bonchev–Trinajstić information content (AvgIpc) is 2.94. The van der Waals surface area contributed by atoms with E-state index in [1.165, 1.54) is 12.8 Å². The molecule has 0 radical (unpaired) electrons. The van der Waals surface area contributed by atoms with Crippen LogP contribution in [0.1, 0.15) is 32.5 Å². The van der Waals surface area contributed by atoms with Crippen LogP contribution in [-0.2, 0) is 13.6 Å². The lowest BCUT2D eigenvalue weighted by atomic mass is 9.82. The highest BCUT2D eigenvalue weighted by molar-refractivity contribution is 5.09. The zero-order valence-electron chi connectivity index (χ0n) is 11.4. The minimum absolute atomic E-state index is 0.0684. The van der Waals surface area contributed by atoms with Gasteiger partial charge >= 0.3 is 0 Å². The van der Waals surface area contributed by atoms with Gasteiger partial charge in [0.05, 0.1) is 6.54 Å². The summed E-state index contributed by atoms with van der Waals surface area (Å²) in [5, 5.41) is 0. The quantitative estimate of drug-likeness (QED) is 0.840. The van der Waals surface area contributed by atoms with Gasteiger partial charge in [-0.3, -0.25) is 4.90 Å². The van der Waals surface area contributed by atoms with Gasteiger partial charge in [0.2, 0.25) is 0 Å². The largest absolute Gasteiger partial charge is 0.337 e. The number of aryl methyl sites for hydroxylation is 1. The normalized spacial score (nSPS) is 21.5. The van der Waals surface area contributed by atoms with Gasteiger partial charge in [-0.2, -0.15) is 0 Å². The Balaban J connectivity index is 2.13. The molecule has 1 atom stereocenters. The van der Waals surface area contributed by atoms with Crippen molar-refractivity contribution >= 4 is 0 Å². The fourth-order valence-corrected chi connectivity index (χ4v) is 2.52. The molecule has 2 rings (SSSR count). The molecule has 1 aromatic rings. The van der Waals surface area contributed by atoms with Crippen molar-refractivity contribution in [2.75, 3.05) is 13.6 Å². The Bertz CT molecular complexity index is 394. The van der Waals surface area contributed by atoms with Crippen LogP contribution in [0, 0.1) is 5.41 Å². The summed E-state index contributed by atoms with van der Waals surface area (Å²) in [6.45, 7) is 6.18. The van der Waals surface area contributed by atoms with Crippen molar-refractivity contribution < 1.29 is 0 Å². The Kier molecular flexibility index (Phi) is 3.04. The van der Waals surface area contributed by atoms with Crippen LogP contribution in [0.4, 0.5) is 0 Å². The molecule has 1 unspecified atom stereocenters. The number of hydrogen-bond donors (Lipinski definition) is 1. The summed E-state index contributed by atoms with van der Waals surface area (Å²) in [5.74, 6) is 1.09. The number of likely N-dealkylation sites (N-methyl/N-ethyl adjacent to an activating group) is 1. The molecule has 0 aromatic carbocycles. The van der Waals surface area contributed by atoms with Crippen molar-refractivity contribution in [2.45, 2.75) is 38.8 Å². The second kappa shape index (κ2) is 4.10. The van der Waals surface area contributed by atoms with Crippen molar-refractivity contribution in [3.05, 3.63) is 18.2 Å². The van der Waals surface area contributed by atoms with E-state index in [1.54, 1.807) is 0 Å². The highest BCUT2D eigenvalue weighted by Crippen LogP contribution is 2.55. The van der Waals surface area contributed by atoms with Crippen LogP contribution in [0.25, 0.3) is 0 Å². The monoisotopic (exact) mass is 236 g/mol. The number of rotatable bonds is 5. The lowest BCUT2D eigenvalue weighted by Gasteiger charge is -2.43. The van der Waals surface area contributed by atoms with Crippen LogP contribution in [0.3, 0.4) is 0 Å². The molecule has 0 saturated heterocycles. The third-order valence-corrected chi connectivity index (χ3v) is 4.84. The minimum atomic E-state index is 0.0684. The van der Waals surface area contributed by atoms with Crippen molar-refractivity contribution in [3.8, 4) is 0 Å². The second-order valence-electron chi connectivity index (χ2n) is 5.85. The number of imidazole rings is 1. The molecule has 4 heteroatoms. The van der Waals surface area contributed by atoms with E-state index in [-0.39, 0.29) is 5.54 Å². The number of hydrogen-bond acceptors (Lipinski definition) is 3. The molecule has 17 heavy (non-hydrogen) atoms. The Labute approximate surface area is 104 Å². The summed E-state index contributed by atoms with van der Waals surface area (Å²) < 4.78 is 2.07. The predicted molar refractivity (Wildman–Crippen MR) is 69.5 cm³/mol. The molecule has 0 amide bonds. The van der Waals surface area contributed by atoms with E-state index >= 15 is 0 Å². The van der Waals surface area contributed by atoms with Gasteiger partial charge < -0.3 is 10.3 Å². The van der Waals surface area contributed by atoms with Crippen LogP contribution in [-0.4, -0.2) is 33.6 Å². The van der Waals surface area contributed by atoms with E-state index < -0.39 is 0 Å². The van der Waals surface area contributed by atoms with Crippen LogP contribution < -0.4 is 5.73 Å². The molecule has 1 aliphatic carbocycles. The third kappa shape index (κ3) is 2.00. The molecule has 1 saturated carbocycles. The smallest absolute Gasteiger partial charge is 0.122 e. The molecule has 1 aliphatic rings. The van der Waals surface area contributed by atoms with E-state index in [0.717, 1.165) is 12.4 Å². The first kappa shape index (κ1) is 12.6. The van der Waals surface area contributed by atoms with Gasteiger partial charge in [0.15, 0.2) is 0 Å². The fourth-order valence-electron chi connectivity index (χ4n) is 2.52. The van der Waals surface area contributed by atoms with Crippen molar-refractivity contribution in [2.24, 2.45) is 18.2 Å². The maximum absolute atomic E-state index is 6.03. The lowest BCUT2D eigenvalue weighted by molar-refractivity contribution is 0.0629. The third-order valence-electron chi connectivity index (χ3n) is 4.84. The Morgan fingerprint density at radius 2 is 2.24 bits per heavy atom. The van der Waals surface area contributed by atoms with Gasteiger partial charge in [-0.25, -0.2) is 4.98 Å². The molecule has 1 fully saturated rings. The first-order valence-electron chi connectivity index (χ1n) is 6.30. The SMILES string of the molecule is CN(Cc1nccn1C)C(C)(CN)C1(C)CC1.